The van der Waals surface area contributed by atoms with Crippen LogP contribution in [-0.4, -0.2) is 25.7 Å². The van der Waals surface area contributed by atoms with Crippen LogP contribution in [0.4, 0.5) is 13.2 Å². The van der Waals surface area contributed by atoms with Crippen LogP contribution in [0.15, 0.2) is 48.5 Å². The van der Waals surface area contributed by atoms with E-state index in [2.05, 4.69) is 17.2 Å². The number of methoxy groups -OCH3 is 1. The number of benzene rings is 2. The lowest BCUT2D eigenvalue weighted by Gasteiger charge is -2.14. The number of amides is 1. The zero-order valence-corrected chi connectivity index (χ0v) is 14.8. The number of carbonyl (C=O) groups excluding carboxylic acids is 1. The van der Waals surface area contributed by atoms with Crippen LogP contribution in [0.2, 0.25) is 0 Å². The van der Waals surface area contributed by atoms with Crippen LogP contribution in [0, 0.1) is 11.8 Å². The molecule has 0 heterocycles. The summed E-state index contributed by atoms with van der Waals surface area (Å²) < 4.78 is 48.5. The van der Waals surface area contributed by atoms with Crippen molar-refractivity contribution in [1.29, 1.82) is 0 Å². The second-order valence-electron chi connectivity index (χ2n) is 5.53. The summed E-state index contributed by atoms with van der Waals surface area (Å²) >= 11 is 0. The van der Waals surface area contributed by atoms with Gasteiger partial charge in [0.1, 0.15) is 11.5 Å². The smallest absolute Gasteiger partial charge is 0.416 e. The first-order valence-corrected chi connectivity index (χ1v) is 8.04. The van der Waals surface area contributed by atoms with Gasteiger partial charge in [0.25, 0.3) is 5.91 Å². The molecule has 4 nitrogen and oxygen atoms in total. The van der Waals surface area contributed by atoms with Gasteiger partial charge < -0.3 is 14.8 Å². The second kappa shape index (κ2) is 8.99. The van der Waals surface area contributed by atoms with E-state index in [0.29, 0.717) is 11.5 Å². The highest BCUT2D eigenvalue weighted by Gasteiger charge is 2.30. The predicted molar refractivity (Wildman–Crippen MR) is 94.4 cm³/mol. The Morgan fingerprint density at radius 1 is 1.15 bits per heavy atom. The average Bonchev–Trinajstić information content (AvgIpc) is 2.65. The largest absolute Gasteiger partial charge is 0.497 e. The third kappa shape index (κ3) is 6.26. The summed E-state index contributed by atoms with van der Waals surface area (Å²) in [5, 5.41) is 2.56. The molecule has 2 aromatic rings. The van der Waals surface area contributed by atoms with Crippen LogP contribution >= 0.6 is 0 Å². The summed E-state index contributed by atoms with van der Waals surface area (Å²) in [6.45, 7) is 1.57. The Kier molecular flexibility index (Phi) is 6.72. The molecule has 1 N–H and O–H groups in total. The van der Waals surface area contributed by atoms with Crippen molar-refractivity contribution in [2.45, 2.75) is 19.2 Å². The van der Waals surface area contributed by atoms with Crippen molar-refractivity contribution in [3.05, 3.63) is 59.7 Å². The first kappa shape index (κ1) is 20.2. The highest BCUT2D eigenvalue weighted by Crippen LogP contribution is 2.29. The van der Waals surface area contributed by atoms with E-state index in [4.69, 9.17) is 9.47 Å². The number of rotatable bonds is 5. The number of halogens is 3. The fourth-order valence-corrected chi connectivity index (χ4v) is 2.11. The van der Waals surface area contributed by atoms with Crippen LogP contribution in [0.3, 0.4) is 0 Å². The van der Waals surface area contributed by atoms with Crippen molar-refractivity contribution in [2.24, 2.45) is 0 Å². The zero-order valence-electron chi connectivity index (χ0n) is 14.8. The average molecular weight is 377 g/mol. The monoisotopic (exact) mass is 377 g/mol. The molecule has 0 bridgehead atoms. The Labute approximate surface area is 155 Å². The van der Waals surface area contributed by atoms with Gasteiger partial charge in [0.15, 0.2) is 6.10 Å². The molecule has 0 saturated carbocycles. The molecule has 0 fully saturated rings. The van der Waals surface area contributed by atoms with Gasteiger partial charge in [-0.2, -0.15) is 13.2 Å². The van der Waals surface area contributed by atoms with E-state index in [1.54, 1.807) is 38.3 Å². The minimum atomic E-state index is -4.42. The molecule has 0 aliphatic heterocycles. The first-order chi connectivity index (χ1) is 12.8. The summed E-state index contributed by atoms with van der Waals surface area (Å²) in [5.74, 6) is 6.01. The molecule has 0 aliphatic rings. The summed E-state index contributed by atoms with van der Waals surface area (Å²) in [5.41, 5.74) is -0.540. The van der Waals surface area contributed by atoms with Gasteiger partial charge in [0, 0.05) is 5.56 Å². The van der Waals surface area contributed by atoms with Crippen LogP contribution in [-0.2, 0) is 11.0 Å². The fourth-order valence-electron chi connectivity index (χ4n) is 2.11. The van der Waals surface area contributed by atoms with Crippen LogP contribution in [0.25, 0.3) is 0 Å². The molecular weight excluding hydrogens is 359 g/mol. The van der Waals surface area contributed by atoms with Crippen LogP contribution in [0.1, 0.15) is 18.1 Å². The SMILES string of the molecule is COc1ccc(OC(C)C(=O)NCC#Cc2cccc(C(F)(F)F)c2)cc1. The van der Waals surface area contributed by atoms with Gasteiger partial charge in [-0.3, -0.25) is 4.79 Å². The Hall–Kier alpha value is -3.14. The van der Waals surface area contributed by atoms with Gasteiger partial charge in [0.05, 0.1) is 19.2 Å². The lowest BCUT2D eigenvalue weighted by Crippen LogP contribution is -2.36. The minimum absolute atomic E-state index is 0.00854. The molecule has 7 heteroatoms. The normalized spacial score (nSPS) is 11.7. The van der Waals surface area contributed by atoms with E-state index in [-0.39, 0.29) is 18.0 Å². The second-order valence-corrected chi connectivity index (χ2v) is 5.53. The first-order valence-electron chi connectivity index (χ1n) is 8.04. The summed E-state index contributed by atoms with van der Waals surface area (Å²) in [7, 11) is 1.55. The van der Waals surface area contributed by atoms with Crippen molar-refractivity contribution in [3.8, 4) is 23.3 Å². The lowest BCUT2D eigenvalue weighted by molar-refractivity contribution is -0.137. The molecule has 1 atom stereocenters. The molecule has 0 radical (unpaired) electrons. The van der Waals surface area contributed by atoms with E-state index < -0.39 is 17.8 Å². The third-order valence-electron chi connectivity index (χ3n) is 3.52. The number of hydrogen-bond donors (Lipinski definition) is 1. The Balaban J connectivity index is 1.86. The van der Waals surface area contributed by atoms with Gasteiger partial charge in [-0.15, -0.1) is 0 Å². The van der Waals surface area contributed by atoms with E-state index in [1.807, 2.05) is 0 Å². The lowest BCUT2D eigenvalue weighted by atomic mass is 10.1. The maximum Gasteiger partial charge on any atom is 0.416 e. The molecule has 0 saturated heterocycles. The van der Waals surface area contributed by atoms with Gasteiger partial charge in [-0.25, -0.2) is 0 Å². The topological polar surface area (TPSA) is 47.6 Å². The molecule has 2 rings (SSSR count). The maximum atomic E-state index is 12.6. The minimum Gasteiger partial charge on any atom is -0.497 e. The molecule has 0 aromatic heterocycles. The molecule has 0 spiro atoms. The highest BCUT2D eigenvalue weighted by molar-refractivity contribution is 5.80. The molecule has 2 aromatic carbocycles. The van der Waals surface area contributed by atoms with Gasteiger partial charge in [-0.1, -0.05) is 17.9 Å². The van der Waals surface area contributed by atoms with Gasteiger partial charge in [-0.05, 0) is 49.4 Å². The quantitative estimate of drug-likeness (QED) is 0.810. The molecule has 1 unspecified atom stereocenters. The van der Waals surface area contributed by atoms with Crippen molar-refractivity contribution >= 4 is 5.91 Å². The van der Waals surface area contributed by atoms with E-state index in [1.165, 1.54) is 12.1 Å². The van der Waals surface area contributed by atoms with Gasteiger partial charge in [0.2, 0.25) is 0 Å². The number of carbonyl (C=O) groups is 1. The van der Waals surface area contributed by atoms with Crippen LogP contribution in [0.5, 0.6) is 11.5 Å². The van der Waals surface area contributed by atoms with Gasteiger partial charge >= 0.3 is 6.18 Å². The molecule has 1 amide bonds. The fraction of sp³-hybridized carbons (Fsp3) is 0.250. The van der Waals surface area contributed by atoms with Crippen LogP contribution < -0.4 is 14.8 Å². The van der Waals surface area contributed by atoms with Crippen molar-refractivity contribution in [2.75, 3.05) is 13.7 Å². The van der Waals surface area contributed by atoms with E-state index in [0.717, 1.165) is 12.1 Å². The van der Waals surface area contributed by atoms with Crippen molar-refractivity contribution in [1.82, 2.24) is 5.32 Å². The standard InChI is InChI=1S/C20H18F3NO3/c1-14(27-18-10-8-17(26-2)9-11-18)19(25)24-12-4-6-15-5-3-7-16(13-15)20(21,22)23/h3,5,7-11,13-14H,12H2,1-2H3,(H,24,25). The Morgan fingerprint density at radius 3 is 2.44 bits per heavy atom. The summed E-state index contributed by atoms with van der Waals surface area (Å²) in [4.78, 5) is 12.0. The number of hydrogen-bond acceptors (Lipinski definition) is 3. The number of nitrogens with one attached hydrogen (secondary N) is 1. The van der Waals surface area contributed by atoms with E-state index in [9.17, 15) is 18.0 Å². The third-order valence-corrected chi connectivity index (χ3v) is 3.52. The molecule has 0 aliphatic carbocycles. The van der Waals surface area contributed by atoms with E-state index >= 15 is 0 Å². The zero-order chi connectivity index (χ0) is 19.9. The molecule has 27 heavy (non-hydrogen) atoms. The predicted octanol–water partition coefficient (Wildman–Crippen LogP) is 3.65. The molecular formula is C20H18F3NO3. The molecule has 142 valence electrons. The summed E-state index contributed by atoms with van der Waals surface area (Å²) in [6, 6.07) is 11.5. The number of ether oxygens (including phenoxy) is 2. The van der Waals surface area contributed by atoms with Crippen molar-refractivity contribution in [3.63, 3.8) is 0 Å². The highest BCUT2D eigenvalue weighted by atomic mass is 19.4. The Bertz CT molecular complexity index is 836. The Morgan fingerprint density at radius 2 is 1.81 bits per heavy atom. The number of alkyl halides is 3. The maximum absolute atomic E-state index is 12.6. The summed E-state index contributed by atoms with van der Waals surface area (Å²) in [6.07, 6.45) is -5.17. The van der Waals surface area contributed by atoms with Crippen molar-refractivity contribution < 1.29 is 27.4 Å².